The van der Waals surface area contributed by atoms with Gasteiger partial charge in [0.25, 0.3) is 0 Å². The lowest BCUT2D eigenvalue weighted by Gasteiger charge is -2.43. The van der Waals surface area contributed by atoms with Gasteiger partial charge in [-0.1, -0.05) is 19.9 Å². The molecule has 120 valence electrons. The van der Waals surface area contributed by atoms with Crippen LogP contribution in [0.2, 0.25) is 0 Å². The first-order valence-corrected chi connectivity index (χ1v) is 6.89. The summed E-state index contributed by atoms with van der Waals surface area (Å²) in [5.41, 5.74) is 4.78. The topological polar surface area (TPSA) is 29.3 Å². The molecule has 0 aliphatic heterocycles. The summed E-state index contributed by atoms with van der Waals surface area (Å²) in [5, 5.41) is 0. The molecule has 0 aromatic heterocycles. The average molecular weight is 306 g/mol. The number of alkyl halides is 3. The zero-order valence-corrected chi connectivity index (χ0v) is 12.8. The molecule has 1 rings (SSSR count). The van der Waals surface area contributed by atoms with Gasteiger partial charge in [0.05, 0.1) is 5.56 Å². The molecule has 2 N–H and O–H groups in total. The highest BCUT2D eigenvalue weighted by Crippen LogP contribution is 2.37. The fourth-order valence-electron chi connectivity index (χ4n) is 2.86. The van der Waals surface area contributed by atoms with E-state index in [0.29, 0.717) is 18.4 Å². The van der Waals surface area contributed by atoms with Crippen LogP contribution in [0.1, 0.15) is 43.9 Å². The molecular formula is C15H22F4N2. The fraction of sp³-hybridized carbons (Fsp3) is 0.600. The molecule has 21 heavy (non-hydrogen) atoms. The summed E-state index contributed by atoms with van der Waals surface area (Å²) in [4.78, 5) is 1.92. The summed E-state index contributed by atoms with van der Waals surface area (Å²) < 4.78 is 51.8. The van der Waals surface area contributed by atoms with Crippen LogP contribution >= 0.6 is 0 Å². The molecule has 0 bridgehead atoms. The van der Waals surface area contributed by atoms with Crippen molar-refractivity contribution in [2.75, 3.05) is 14.1 Å². The number of hydrogen-bond acceptors (Lipinski definition) is 2. The lowest BCUT2D eigenvalue weighted by Crippen LogP contribution is -2.51. The van der Waals surface area contributed by atoms with Crippen LogP contribution in [0, 0.1) is 5.82 Å². The summed E-state index contributed by atoms with van der Waals surface area (Å²) in [6.45, 7) is 3.88. The van der Waals surface area contributed by atoms with E-state index in [1.807, 2.05) is 32.8 Å². The summed E-state index contributed by atoms with van der Waals surface area (Å²) in [6, 6.07) is 2.36. The molecule has 0 spiro atoms. The molecule has 2 nitrogen and oxygen atoms in total. The Labute approximate surface area is 122 Å². The Hall–Kier alpha value is -1.14. The van der Waals surface area contributed by atoms with Gasteiger partial charge in [-0.2, -0.15) is 13.2 Å². The Morgan fingerprint density at radius 1 is 1.14 bits per heavy atom. The van der Waals surface area contributed by atoms with Gasteiger partial charge in [0.1, 0.15) is 5.82 Å². The molecule has 1 atom stereocenters. The predicted octanol–water partition coefficient (Wildman–Crippen LogP) is 3.96. The highest BCUT2D eigenvalue weighted by molar-refractivity contribution is 5.31. The van der Waals surface area contributed by atoms with Gasteiger partial charge in [-0.25, -0.2) is 4.39 Å². The summed E-state index contributed by atoms with van der Waals surface area (Å²) in [7, 11) is 3.70. The quantitative estimate of drug-likeness (QED) is 0.834. The van der Waals surface area contributed by atoms with Gasteiger partial charge in [-0.05, 0) is 44.6 Å². The fourth-order valence-corrected chi connectivity index (χ4v) is 2.86. The summed E-state index contributed by atoms with van der Waals surface area (Å²) in [6.07, 6.45) is -3.37. The normalized spacial score (nSPS) is 14.6. The van der Waals surface area contributed by atoms with Gasteiger partial charge in [0, 0.05) is 11.6 Å². The maximum absolute atomic E-state index is 13.4. The van der Waals surface area contributed by atoms with Crippen molar-refractivity contribution in [3.05, 3.63) is 35.1 Å². The van der Waals surface area contributed by atoms with Gasteiger partial charge in [-0.3, -0.25) is 0 Å². The largest absolute Gasteiger partial charge is 0.419 e. The number of nitrogens with zero attached hydrogens (tertiary/aromatic N) is 1. The zero-order chi connectivity index (χ0) is 16.4. The van der Waals surface area contributed by atoms with Crippen LogP contribution in [-0.4, -0.2) is 24.5 Å². The number of likely N-dealkylation sites (N-methyl/N-ethyl adjacent to an activating group) is 1. The Morgan fingerprint density at radius 3 is 2.05 bits per heavy atom. The van der Waals surface area contributed by atoms with Crippen LogP contribution in [0.3, 0.4) is 0 Å². The van der Waals surface area contributed by atoms with E-state index in [0.717, 1.165) is 12.1 Å². The second-order valence-electron chi connectivity index (χ2n) is 5.42. The van der Waals surface area contributed by atoms with Crippen molar-refractivity contribution >= 4 is 0 Å². The molecule has 1 unspecified atom stereocenters. The van der Waals surface area contributed by atoms with E-state index in [4.69, 9.17) is 5.73 Å². The second kappa shape index (κ2) is 6.32. The third kappa shape index (κ3) is 3.37. The Kier molecular flexibility index (Phi) is 5.39. The summed E-state index contributed by atoms with van der Waals surface area (Å²) in [5.74, 6) is -1.28. The highest BCUT2D eigenvalue weighted by Gasteiger charge is 2.39. The molecule has 1 aromatic rings. The van der Waals surface area contributed by atoms with E-state index in [-0.39, 0.29) is 0 Å². The van der Waals surface area contributed by atoms with Gasteiger partial charge in [0.15, 0.2) is 0 Å². The van der Waals surface area contributed by atoms with E-state index in [1.165, 1.54) is 6.07 Å². The second-order valence-corrected chi connectivity index (χ2v) is 5.42. The molecule has 0 heterocycles. The number of halogens is 4. The van der Waals surface area contributed by atoms with Crippen molar-refractivity contribution in [3.8, 4) is 0 Å². The maximum atomic E-state index is 13.4. The monoisotopic (exact) mass is 306 g/mol. The first-order valence-electron chi connectivity index (χ1n) is 6.89. The molecule has 0 fully saturated rings. The summed E-state index contributed by atoms with van der Waals surface area (Å²) >= 11 is 0. The van der Waals surface area contributed by atoms with Crippen LogP contribution in [0.25, 0.3) is 0 Å². The first kappa shape index (κ1) is 17.9. The molecule has 6 heteroatoms. The maximum Gasteiger partial charge on any atom is 0.419 e. The van der Waals surface area contributed by atoms with Crippen molar-refractivity contribution in [1.82, 2.24) is 4.90 Å². The number of rotatable bonds is 5. The predicted molar refractivity (Wildman–Crippen MR) is 75.3 cm³/mol. The third-order valence-electron chi connectivity index (χ3n) is 4.35. The minimum Gasteiger partial charge on any atom is -0.322 e. The average Bonchev–Trinajstić information content (AvgIpc) is 2.39. The number of nitrogens with two attached hydrogens (primary N) is 1. The van der Waals surface area contributed by atoms with Crippen LogP contribution in [0.4, 0.5) is 17.6 Å². The highest BCUT2D eigenvalue weighted by atomic mass is 19.4. The number of benzene rings is 1. The molecule has 0 saturated carbocycles. The smallest absolute Gasteiger partial charge is 0.322 e. The molecule has 0 saturated heterocycles. The Balaban J connectivity index is 3.33. The lowest BCUT2D eigenvalue weighted by atomic mass is 9.80. The third-order valence-corrected chi connectivity index (χ3v) is 4.35. The molecule has 0 amide bonds. The van der Waals surface area contributed by atoms with E-state index in [1.54, 1.807) is 0 Å². The van der Waals surface area contributed by atoms with Crippen LogP contribution in [-0.2, 0) is 6.18 Å². The van der Waals surface area contributed by atoms with E-state index < -0.39 is 29.1 Å². The van der Waals surface area contributed by atoms with Crippen molar-refractivity contribution in [2.45, 2.75) is 44.4 Å². The molecule has 0 aliphatic carbocycles. The van der Waals surface area contributed by atoms with Gasteiger partial charge in [0.2, 0.25) is 0 Å². The molecule has 0 aliphatic rings. The minimum atomic E-state index is -4.72. The lowest BCUT2D eigenvalue weighted by molar-refractivity contribution is -0.140. The zero-order valence-electron chi connectivity index (χ0n) is 12.8. The van der Waals surface area contributed by atoms with Crippen LogP contribution < -0.4 is 5.73 Å². The van der Waals surface area contributed by atoms with Crippen molar-refractivity contribution in [3.63, 3.8) is 0 Å². The van der Waals surface area contributed by atoms with Crippen molar-refractivity contribution in [2.24, 2.45) is 5.73 Å². The van der Waals surface area contributed by atoms with Gasteiger partial charge < -0.3 is 10.6 Å². The van der Waals surface area contributed by atoms with Crippen LogP contribution in [0.5, 0.6) is 0 Å². The Morgan fingerprint density at radius 2 is 1.67 bits per heavy atom. The van der Waals surface area contributed by atoms with Crippen molar-refractivity contribution < 1.29 is 17.6 Å². The van der Waals surface area contributed by atoms with Crippen LogP contribution in [0.15, 0.2) is 18.2 Å². The number of hydrogen-bond donors (Lipinski definition) is 1. The van der Waals surface area contributed by atoms with E-state index in [2.05, 4.69) is 0 Å². The van der Waals surface area contributed by atoms with Gasteiger partial charge in [-0.15, -0.1) is 0 Å². The molecule has 1 aromatic carbocycles. The van der Waals surface area contributed by atoms with E-state index in [9.17, 15) is 17.6 Å². The minimum absolute atomic E-state index is 0.293. The SMILES string of the molecule is CCC(CC)(C(N)c1ccc(F)c(C(F)(F)F)c1)N(C)C. The Bertz CT molecular complexity index is 479. The molecule has 0 radical (unpaired) electrons. The van der Waals surface area contributed by atoms with Gasteiger partial charge >= 0.3 is 6.18 Å². The standard InChI is InChI=1S/C15H22F4N2/c1-5-14(6-2,21(3)4)13(20)10-7-8-12(16)11(9-10)15(17,18)19/h7-9,13H,5-6,20H2,1-4H3. The van der Waals surface area contributed by atoms with E-state index >= 15 is 0 Å². The van der Waals surface area contributed by atoms with Crippen molar-refractivity contribution in [1.29, 1.82) is 0 Å². The first-order chi connectivity index (χ1) is 9.60. The molecular weight excluding hydrogens is 284 g/mol.